The van der Waals surface area contributed by atoms with Crippen LogP contribution in [-0.4, -0.2) is 6.61 Å². The number of ether oxygens (including phenoxy) is 1. The molecule has 0 aromatic heterocycles. The maximum atomic E-state index is 5.64. The highest BCUT2D eigenvalue weighted by Gasteiger charge is 1.94. The molecule has 0 spiro atoms. The lowest BCUT2D eigenvalue weighted by Crippen LogP contribution is -1.94. The van der Waals surface area contributed by atoms with E-state index in [-0.39, 0.29) is 0 Å². The van der Waals surface area contributed by atoms with E-state index >= 15 is 0 Å². The summed E-state index contributed by atoms with van der Waals surface area (Å²) < 4.78 is 5.44. The minimum atomic E-state index is 0.769. The molecule has 0 N–H and O–H groups in total. The summed E-state index contributed by atoms with van der Waals surface area (Å²) in [6.45, 7) is 10.4. The Morgan fingerprint density at radius 2 is 1.92 bits per heavy atom. The van der Waals surface area contributed by atoms with Gasteiger partial charge in [0.05, 0.1) is 6.61 Å². The first kappa shape index (κ1) is 9.85. The van der Waals surface area contributed by atoms with Gasteiger partial charge in [0.25, 0.3) is 0 Å². The molecule has 1 aromatic carbocycles. The summed E-state index contributed by atoms with van der Waals surface area (Å²) in [4.78, 5) is 0. The minimum absolute atomic E-state index is 0.769. The van der Waals surface area contributed by atoms with Crippen molar-refractivity contribution in [2.24, 2.45) is 0 Å². The fourth-order valence-corrected chi connectivity index (χ4v) is 1.03. The van der Waals surface area contributed by atoms with Crippen molar-refractivity contribution in [3.63, 3.8) is 0 Å². The largest absolute Gasteiger partial charge is 0.494 e. The van der Waals surface area contributed by atoms with Crippen molar-refractivity contribution in [1.82, 2.24) is 0 Å². The van der Waals surface area contributed by atoms with Gasteiger partial charge < -0.3 is 4.74 Å². The zero-order valence-corrected chi connectivity index (χ0v) is 8.21. The van der Waals surface area contributed by atoms with E-state index in [2.05, 4.69) is 6.92 Å². The summed E-state index contributed by atoms with van der Waals surface area (Å²) in [7, 11) is 0. The van der Waals surface area contributed by atoms with Crippen LogP contribution in [0.15, 0.2) is 24.3 Å². The van der Waals surface area contributed by atoms with E-state index in [1.54, 1.807) is 0 Å². The second-order valence-electron chi connectivity index (χ2n) is 3.06. The molecule has 1 rings (SSSR count). The van der Waals surface area contributed by atoms with Gasteiger partial charge in [0.1, 0.15) is 5.75 Å². The lowest BCUT2D eigenvalue weighted by molar-refractivity contribution is 0.317. The van der Waals surface area contributed by atoms with Gasteiger partial charge in [-0.3, -0.25) is 0 Å². The first-order valence-corrected chi connectivity index (χ1v) is 4.56. The highest BCUT2D eigenvalue weighted by Crippen LogP contribution is 2.16. The van der Waals surface area contributed by atoms with E-state index in [4.69, 9.17) is 11.3 Å². The fraction of sp³-hybridized carbons (Fsp3) is 0.333. The Balaban J connectivity index is 2.64. The molecular weight excluding hydrogens is 160 g/mol. The average Bonchev–Trinajstić information content (AvgIpc) is 2.15. The van der Waals surface area contributed by atoms with Crippen LogP contribution in [0, 0.1) is 6.58 Å². The summed E-state index contributed by atoms with van der Waals surface area (Å²) in [5.74, 6) is 0.909. The zero-order valence-electron chi connectivity index (χ0n) is 8.21. The number of rotatable bonds is 4. The molecule has 1 nitrogen and oxygen atoms in total. The van der Waals surface area contributed by atoms with E-state index < -0.39 is 0 Å². The van der Waals surface area contributed by atoms with E-state index in [0.717, 1.165) is 29.9 Å². The zero-order chi connectivity index (χ0) is 9.68. The van der Waals surface area contributed by atoms with Gasteiger partial charge in [-0.1, -0.05) is 25.6 Å². The van der Waals surface area contributed by atoms with Gasteiger partial charge in [-0.2, -0.15) is 0 Å². The van der Waals surface area contributed by atoms with Crippen molar-refractivity contribution >= 4 is 5.57 Å². The number of hydrogen-bond donors (Lipinski definition) is 0. The van der Waals surface area contributed by atoms with Gasteiger partial charge in [0.15, 0.2) is 0 Å². The molecule has 0 aliphatic heterocycles. The van der Waals surface area contributed by atoms with Gasteiger partial charge in [-0.25, -0.2) is 0 Å². The van der Waals surface area contributed by atoms with E-state index in [0.29, 0.717) is 0 Å². The van der Waals surface area contributed by atoms with Crippen LogP contribution in [0.1, 0.15) is 25.8 Å². The van der Waals surface area contributed by atoms with Crippen LogP contribution in [0.4, 0.5) is 0 Å². The van der Waals surface area contributed by atoms with Gasteiger partial charge in [-0.15, -0.1) is 0 Å². The summed E-state index contributed by atoms with van der Waals surface area (Å²) in [5, 5.41) is 0. The lowest BCUT2D eigenvalue weighted by atomic mass is 10.1. The predicted molar refractivity (Wildman–Crippen MR) is 55.6 cm³/mol. The molecule has 0 saturated carbocycles. The molecule has 1 heteroatoms. The fourth-order valence-electron chi connectivity index (χ4n) is 1.03. The molecule has 0 amide bonds. The molecule has 0 heterocycles. The number of allylic oxidation sites excluding steroid dienone is 1. The first-order chi connectivity index (χ1) is 6.24. The highest BCUT2D eigenvalue weighted by atomic mass is 16.5. The van der Waals surface area contributed by atoms with E-state index in [9.17, 15) is 0 Å². The second-order valence-corrected chi connectivity index (χ2v) is 3.06. The Bertz CT molecular complexity index is 272. The molecule has 0 aliphatic rings. The molecule has 0 saturated heterocycles. The molecule has 0 atom stereocenters. The Labute approximate surface area is 80.0 Å². The van der Waals surface area contributed by atoms with Gasteiger partial charge in [0, 0.05) is 0 Å². The third-order valence-corrected chi connectivity index (χ3v) is 1.78. The van der Waals surface area contributed by atoms with E-state index in [1.165, 1.54) is 0 Å². The summed E-state index contributed by atoms with van der Waals surface area (Å²) in [6.07, 6.45) is 1.03. The van der Waals surface area contributed by atoms with Crippen molar-refractivity contribution in [3.8, 4) is 5.75 Å². The lowest BCUT2D eigenvalue weighted by Gasteiger charge is -2.05. The third kappa shape index (κ3) is 2.94. The normalized spacial score (nSPS) is 9.69. The quantitative estimate of drug-likeness (QED) is 0.682. The van der Waals surface area contributed by atoms with Crippen LogP contribution < -0.4 is 4.74 Å². The Morgan fingerprint density at radius 1 is 1.31 bits per heavy atom. The Morgan fingerprint density at radius 3 is 2.38 bits per heavy atom. The van der Waals surface area contributed by atoms with Crippen LogP contribution in [0.2, 0.25) is 0 Å². The molecule has 0 aliphatic carbocycles. The number of hydrogen-bond acceptors (Lipinski definition) is 1. The van der Waals surface area contributed by atoms with Crippen LogP contribution >= 0.6 is 0 Å². The second kappa shape index (κ2) is 4.70. The van der Waals surface area contributed by atoms with Crippen molar-refractivity contribution in [1.29, 1.82) is 0 Å². The monoisotopic (exact) mass is 175 g/mol. The van der Waals surface area contributed by atoms with Gasteiger partial charge in [-0.05, 0) is 36.6 Å². The molecule has 69 valence electrons. The molecule has 13 heavy (non-hydrogen) atoms. The molecule has 0 unspecified atom stereocenters. The Kier molecular flexibility index (Phi) is 3.56. The first-order valence-electron chi connectivity index (χ1n) is 4.56. The molecule has 0 fully saturated rings. The van der Waals surface area contributed by atoms with Crippen LogP contribution in [0.5, 0.6) is 5.75 Å². The number of benzene rings is 1. The van der Waals surface area contributed by atoms with Crippen molar-refractivity contribution in [2.45, 2.75) is 20.3 Å². The minimum Gasteiger partial charge on any atom is -0.494 e. The van der Waals surface area contributed by atoms with E-state index in [1.807, 2.05) is 31.2 Å². The Hall–Kier alpha value is -1.24. The highest BCUT2D eigenvalue weighted by molar-refractivity contribution is 5.60. The molecule has 1 radical (unpaired) electrons. The van der Waals surface area contributed by atoms with Crippen molar-refractivity contribution < 1.29 is 4.74 Å². The molecule has 0 bridgehead atoms. The predicted octanol–water partition coefficient (Wildman–Crippen LogP) is 3.31. The summed E-state index contributed by atoms with van der Waals surface area (Å²) in [5.41, 5.74) is 1.89. The summed E-state index contributed by atoms with van der Waals surface area (Å²) >= 11 is 0. The smallest absolute Gasteiger partial charge is 0.119 e. The third-order valence-electron chi connectivity index (χ3n) is 1.78. The van der Waals surface area contributed by atoms with Crippen molar-refractivity contribution in [2.75, 3.05) is 6.61 Å². The van der Waals surface area contributed by atoms with Crippen LogP contribution in [-0.2, 0) is 0 Å². The maximum absolute atomic E-state index is 5.64. The van der Waals surface area contributed by atoms with Crippen LogP contribution in [0.25, 0.3) is 5.57 Å². The average molecular weight is 175 g/mol. The maximum Gasteiger partial charge on any atom is 0.119 e. The molecule has 1 aromatic rings. The molecular formula is C12H15O. The summed E-state index contributed by atoms with van der Waals surface area (Å²) in [6, 6.07) is 7.84. The topological polar surface area (TPSA) is 9.23 Å². The van der Waals surface area contributed by atoms with Gasteiger partial charge in [0.2, 0.25) is 0 Å². The van der Waals surface area contributed by atoms with Crippen LogP contribution in [0.3, 0.4) is 0 Å². The van der Waals surface area contributed by atoms with Gasteiger partial charge >= 0.3 is 0 Å². The van der Waals surface area contributed by atoms with Crippen molar-refractivity contribution in [3.05, 3.63) is 36.4 Å². The standard InChI is InChI=1S/C12H15O/c1-4-9-13-12-7-5-11(6-8-12)10(2)3/h2,5-8H,4,9H2,1,3H3. The SMILES string of the molecule is [CH]=C(C)c1ccc(OCCC)cc1.